The van der Waals surface area contributed by atoms with Crippen LogP contribution < -0.4 is 0 Å². The molecule has 0 saturated carbocycles. The van der Waals surface area contributed by atoms with E-state index in [2.05, 4.69) is 4.94 Å². The van der Waals surface area contributed by atoms with Gasteiger partial charge in [-0.1, -0.05) is 19.1 Å². The number of hydrogen-bond acceptors (Lipinski definition) is 2. The summed E-state index contributed by atoms with van der Waals surface area (Å²) in [5.74, 6) is -2.18. The fourth-order valence-corrected chi connectivity index (χ4v) is 1.32. The third kappa shape index (κ3) is 2.28. The number of halogens is 2. The molecule has 0 aromatic heterocycles. The van der Waals surface area contributed by atoms with Crippen molar-refractivity contribution in [2.75, 3.05) is 0 Å². The van der Waals surface area contributed by atoms with Gasteiger partial charge in [-0.3, -0.25) is 4.94 Å². The van der Waals surface area contributed by atoms with Crippen LogP contribution in [0.4, 0.5) is 8.92 Å². The van der Waals surface area contributed by atoms with Crippen molar-refractivity contribution in [1.82, 2.24) is 0 Å². The van der Waals surface area contributed by atoms with Crippen molar-refractivity contribution in [3.8, 4) is 0 Å². The average Bonchev–Trinajstić information content (AvgIpc) is 2.19. The minimum Gasteiger partial charge on any atom is -0.254 e. The first-order chi connectivity index (χ1) is 6.69. The Balaban J connectivity index is 2.94. The van der Waals surface area contributed by atoms with Gasteiger partial charge >= 0.3 is 5.97 Å². The maximum absolute atomic E-state index is 12.8. The lowest BCUT2D eigenvalue weighted by atomic mass is 9.97. The minimum atomic E-state index is -0.988. The molecule has 0 amide bonds. The molecule has 0 radical (unpaired) electrons. The molecule has 0 fully saturated rings. The summed E-state index contributed by atoms with van der Waals surface area (Å²) >= 11 is 0. The van der Waals surface area contributed by atoms with Crippen LogP contribution in [0.25, 0.3) is 0 Å². The Bertz CT molecular complexity index is 326. The van der Waals surface area contributed by atoms with Gasteiger partial charge in [0.2, 0.25) is 0 Å². The number of hydrogen-bond donors (Lipinski definition) is 0. The summed E-state index contributed by atoms with van der Waals surface area (Å²) in [6.07, 6.45) is 0.367. The van der Waals surface area contributed by atoms with Crippen molar-refractivity contribution in [2.24, 2.45) is 0 Å². The van der Waals surface area contributed by atoms with E-state index < -0.39 is 17.7 Å². The zero-order chi connectivity index (χ0) is 10.6. The molecule has 1 atom stereocenters. The van der Waals surface area contributed by atoms with E-state index in [0.717, 1.165) is 0 Å². The van der Waals surface area contributed by atoms with Crippen molar-refractivity contribution in [3.05, 3.63) is 35.6 Å². The van der Waals surface area contributed by atoms with Gasteiger partial charge in [-0.2, -0.15) is 0 Å². The maximum Gasteiger partial charge on any atom is 0.356 e. The van der Waals surface area contributed by atoms with E-state index in [9.17, 15) is 13.7 Å². The molecule has 14 heavy (non-hydrogen) atoms. The van der Waals surface area contributed by atoms with Gasteiger partial charge < -0.3 is 0 Å². The highest BCUT2D eigenvalue weighted by Gasteiger charge is 2.21. The Labute approximate surface area is 80.4 Å². The summed E-state index contributed by atoms with van der Waals surface area (Å²) < 4.78 is 24.5. The molecule has 0 bridgehead atoms. The Morgan fingerprint density at radius 1 is 1.57 bits per heavy atom. The zero-order valence-electron chi connectivity index (χ0n) is 7.67. The Morgan fingerprint density at radius 3 is 2.79 bits per heavy atom. The first-order valence-electron chi connectivity index (χ1n) is 4.27. The average molecular weight is 200 g/mol. The van der Waals surface area contributed by atoms with Crippen LogP contribution in [0.1, 0.15) is 24.8 Å². The van der Waals surface area contributed by atoms with Crippen LogP contribution in [0.15, 0.2) is 24.3 Å². The standard InChI is InChI=1S/C10H10F2O2/c1-2-9(10(13)14-12)7-4-3-5-8(11)6-7/h3-6,9H,2H2,1H3. The molecule has 0 aliphatic heterocycles. The molecule has 4 heteroatoms. The second kappa shape index (κ2) is 4.69. The topological polar surface area (TPSA) is 26.3 Å². The predicted octanol–water partition coefficient (Wildman–Crippen LogP) is 2.75. The van der Waals surface area contributed by atoms with E-state index in [1.54, 1.807) is 13.0 Å². The van der Waals surface area contributed by atoms with Crippen molar-refractivity contribution in [2.45, 2.75) is 19.3 Å². The van der Waals surface area contributed by atoms with Crippen LogP contribution in [0.2, 0.25) is 0 Å². The monoisotopic (exact) mass is 200 g/mol. The fraction of sp³-hybridized carbons (Fsp3) is 0.300. The third-order valence-corrected chi connectivity index (χ3v) is 2.02. The van der Waals surface area contributed by atoms with Crippen LogP contribution in [0.5, 0.6) is 0 Å². The minimum absolute atomic E-state index is 0.367. The molecule has 0 spiro atoms. The van der Waals surface area contributed by atoms with Gasteiger partial charge in [0.25, 0.3) is 0 Å². The molecule has 1 unspecified atom stereocenters. The van der Waals surface area contributed by atoms with Crippen molar-refractivity contribution in [3.63, 3.8) is 0 Å². The van der Waals surface area contributed by atoms with E-state index in [1.807, 2.05) is 0 Å². The van der Waals surface area contributed by atoms with Crippen LogP contribution in [-0.4, -0.2) is 5.97 Å². The largest absolute Gasteiger partial charge is 0.356 e. The first-order valence-corrected chi connectivity index (χ1v) is 4.27. The van der Waals surface area contributed by atoms with Gasteiger partial charge in [0.1, 0.15) is 5.82 Å². The Hall–Kier alpha value is -1.45. The molecular formula is C10H10F2O2. The lowest BCUT2D eigenvalue weighted by Gasteiger charge is -2.09. The summed E-state index contributed by atoms with van der Waals surface area (Å²) in [7, 11) is 0. The number of rotatable bonds is 3. The van der Waals surface area contributed by atoms with Gasteiger partial charge in [0.15, 0.2) is 0 Å². The van der Waals surface area contributed by atoms with E-state index in [-0.39, 0.29) is 0 Å². The summed E-state index contributed by atoms with van der Waals surface area (Å²) in [5.41, 5.74) is 0.426. The maximum atomic E-state index is 12.8. The predicted molar refractivity (Wildman–Crippen MR) is 46.6 cm³/mol. The molecule has 0 saturated heterocycles. The third-order valence-electron chi connectivity index (χ3n) is 2.02. The van der Waals surface area contributed by atoms with E-state index in [1.165, 1.54) is 18.2 Å². The van der Waals surface area contributed by atoms with Gasteiger partial charge in [-0.05, 0) is 24.1 Å². The van der Waals surface area contributed by atoms with Crippen LogP contribution >= 0.6 is 0 Å². The Kier molecular flexibility index (Phi) is 3.56. The summed E-state index contributed by atoms with van der Waals surface area (Å²) in [6, 6.07) is 5.50. The number of carbonyl (C=O) groups is 1. The Morgan fingerprint density at radius 2 is 2.29 bits per heavy atom. The molecule has 1 aromatic rings. The molecule has 76 valence electrons. The lowest BCUT2D eigenvalue weighted by Crippen LogP contribution is -2.12. The summed E-state index contributed by atoms with van der Waals surface area (Å²) in [5, 5.41) is 0. The van der Waals surface area contributed by atoms with Crippen LogP contribution in [0.3, 0.4) is 0 Å². The summed E-state index contributed by atoms with van der Waals surface area (Å²) in [6.45, 7) is 1.70. The number of benzene rings is 1. The molecule has 2 nitrogen and oxygen atoms in total. The van der Waals surface area contributed by atoms with Crippen molar-refractivity contribution in [1.29, 1.82) is 0 Å². The highest BCUT2D eigenvalue weighted by molar-refractivity contribution is 5.77. The van der Waals surface area contributed by atoms with Crippen LogP contribution in [0, 0.1) is 5.82 Å². The molecule has 1 rings (SSSR count). The quantitative estimate of drug-likeness (QED) is 0.749. The number of carbonyl (C=O) groups excluding carboxylic acids is 1. The highest BCUT2D eigenvalue weighted by atomic mass is 19.3. The van der Waals surface area contributed by atoms with E-state index >= 15 is 0 Å². The molecule has 1 aromatic carbocycles. The van der Waals surface area contributed by atoms with Gasteiger partial charge in [-0.15, -0.1) is 0 Å². The second-order valence-electron chi connectivity index (χ2n) is 2.91. The van der Waals surface area contributed by atoms with Crippen molar-refractivity contribution >= 4 is 5.97 Å². The second-order valence-corrected chi connectivity index (χ2v) is 2.91. The van der Waals surface area contributed by atoms with Crippen LogP contribution in [-0.2, 0) is 9.74 Å². The molecule has 0 heterocycles. The molecule has 0 aliphatic carbocycles. The van der Waals surface area contributed by atoms with Gasteiger partial charge in [0, 0.05) is 4.53 Å². The molecule has 0 aliphatic rings. The summed E-state index contributed by atoms with van der Waals surface area (Å²) in [4.78, 5) is 14.1. The molecule has 0 N–H and O–H groups in total. The van der Waals surface area contributed by atoms with E-state index in [4.69, 9.17) is 0 Å². The fourth-order valence-electron chi connectivity index (χ4n) is 1.32. The van der Waals surface area contributed by atoms with E-state index in [0.29, 0.717) is 12.0 Å². The normalized spacial score (nSPS) is 12.2. The van der Waals surface area contributed by atoms with Gasteiger partial charge in [0.05, 0.1) is 5.92 Å². The smallest absolute Gasteiger partial charge is 0.254 e. The van der Waals surface area contributed by atoms with Gasteiger partial charge in [-0.25, -0.2) is 9.18 Å². The first kappa shape index (κ1) is 10.6. The highest BCUT2D eigenvalue weighted by Crippen LogP contribution is 2.21. The zero-order valence-corrected chi connectivity index (χ0v) is 7.67. The lowest BCUT2D eigenvalue weighted by molar-refractivity contribution is -0.185. The van der Waals surface area contributed by atoms with Crippen molar-refractivity contribution < 1.29 is 18.7 Å². The SMILES string of the molecule is CCC(C(=O)OF)c1cccc(F)c1. The molecular weight excluding hydrogens is 190 g/mol.